The van der Waals surface area contributed by atoms with E-state index < -0.39 is 5.97 Å². The number of likely N-dealkylation sites (tertiary alicyclic amines) is 1. The fraction of sp³-hybridized carbons (Fsp3) is 0.500. The Bertz CT molecular complexity index is 567. The summed E-state index contributed by atoms with van der Waals surface area (Å²) in [4.78, 5) is 31.2. The van der Waals surface area contributed by atoms with Gasteiger partial charge in [-0.05, 0) is 6.07 Å². The Labute approximate surface area is 140 Å². The number of carbonyl (C=O) groups excluding carboxylic acids is 1. The molecule has 1 aromatic rings. The molecule has 2 N–H and O–H groups in total. The van der Waals surface area contributed by atoms with Gasteiger partial charge in [-0.15, -0.1) is 0 Å². The Hall–Kier alpha value is -2.48. The first-order valence-electron chi connectivity index (χ1n) is 7.88. The van der Waals surface area contributed by atoms with Gasteiger partial charge in [-0.25, -0.2) is 9.97 Å². The monoisotopic (exact) mass is 334 g/mol. The van der Waals surface area contributed by atoms with Crippen LogP contribution >= 0.6 is 0 Å². The summed E-state index contributed by atoms with van der Waals surface area (Å²) in [6.07, 6.45) is 8.99. The molecule has 1 unspecified atom stereocenters. The second-order valence-electron chi connectivity index (χ2n) is 5.51. The van der Waals surface area contributed by atoms with E-state index in [0.29, 0.717) is 6.01 Å². The predicted molar refractivity (Wildman–Crippen MR) is 86.5 cm³/mol. The van der Waals surface area contributed by atoms with Gasteiger partial charge in [-0.2, -0.15) is 0 Å². The van der Waals surface area contributed by atoms with E-state index in [4.69, 9.17) is 14.6 Å². The summed E-state index contributed by atoms with van der Waals surface area (Å²) in [5.74, 6) is -0.673. The van der Waals surface area contributed by atoms with E-state index in [-0.39, 0.29) is 18.1 Å². The number of amides is 1. The minimum atomic E-state index is -0.833. The van der Waals surface area contributed by atoms with Crippen LogP contribution in [0.1, 0.15) is 19.8 Å². The molecule has 130 valence electrons. The van der Waals surface area contributed by atoms with E-state index in [0.717, 1.165) is 39.4 Å². The number of piperidine rings is 1. The third-order valence-electron chi connectivity index (χ3n) is 3.62. The molecule has 1 aromatic heterocycles. The van der Waals surface area contributed by atoms with Gasteiger partial charge in [0.15, 0.2) is 0 Å². The maximum atomic E-state index is 12.2. The highest BCUT2D eigenvalue weighted by Crippen LogP contribution is 2.16. The summed E-state index contributed by atoms with van der Waals surface area (Å²) >= 11 is 0. The number of carboxylic acid groups (broad SMARTS) is 1. The summed E-state index contributed by atoms with van der Waals surface area (Å²) < 4.78 is 5.72. The van der Waals surface area contributed by atoms with Gasteiger partial charge in [0.2, 0.25) is 5.91 Å². The Morgan fingerprint density at radius 1 is 1.29 bits per heavy atom. The van der Waals surface area contributed by atoms with Crippen molar-refractivity contribution in [2.75, 3.05) is 19.6 Å². The average Bonchev–Trinajstić information content (AvgIpc) is 3.10. The Morgan fingerprint density at radius 3 is 2.46 bits per heavy atom. The van der Waals surface area contributed by atoms with Gasteiger partial charge < -0.3 is 14.7 Å². The van der Waals surface area contributed by atoms with Gasteiger partial charge in [0.05, 0.1) is 0 Å². The van der Waals surface area contributed by atoms with Crippen molar-refractivity contribution in [2.24, 2.45) is 0 Å². The van der Waals surface area contributed by atoms with Crippen molar-refractivity contribution in [3.63, 3.8) is 0 Å². The van der Waals surface area contributed by atoms with Gasteiger partial charge in [-0.1, -0.05) is 12.2 Å². The Morgan fingerprint density at radius 2 is 1.92 bits per heavy atom. The molecular weight excluding hydrogens is 312 g/mol. The van der Waals surface area contributed by atoms with Crippen molar-refractivity contribution < 1.29 is 19.4 Å². The molecule has 3 heterocycles. The molecule has 2 aliphatic heterocycles. The van der Waals surface area contributed by atoms with Gasteiger partial charge in [0.1, 0.15) is 12.1 Å². The zero-order valence-corrected chi connectivity index (χ0v) is 13.6. The van der Waals surface area contributed by atoms with E-state index in [9.17, 15) is 4.79 Å². The number of hydrogen-bond donors (Lipinski definition) is 2. The smallest absolute Gasteiger partial charge is 0.316 e. The number of aliphatic carboxylic acids is 1. The molecule has 2 aliphatic rings. The lowest BCUT2D eigenvalue weighted by Crippen LogP contribution is -2.48. The number of nitrogens with one attached hydrogen (secondary N) is 1. The lowest BCUT2D eigenvalue weighted by Gasteiger charge is -2.33. The summed E-state index contributed by atoms with van der Waals surface area (Å²) in [7, 11) is 0. The molecule has 3 rings (SSSR count). The van der Waals surface area contributed by atoms with Crippen molar-refractivity contribution in [1.82, 2.24) is 20.2 Å². The number of nitrogens with zero attached hydrogens (tertiary/aromatic N) is 3. The van der Waals surface area contributed by atoms with E-state index in [1.807, 2.05) is 17.1 Å². The van der Waals surface area contributed by atoms with Crippen molar-refractivity contribution in [1.29, 1.82) is 0 Å². The third-order valence-corrected chi connectivity index (χ3v) is 3.62. The van der Waals surface area contributed by atoms with Crippen molar-refractivity contribution in [2.45, 2.75) is 31.9 Å². The van der Waals surface area contributed by atoms with Crippen LogP contribution < -0.4 is 10.1 Å². The summed E-state index contributed by atoms with van der Waals surface area (Å²) in [6, 6.07) is 2.03. The molecular formula is C16H22N4O4. The molecule has 0 bridgehead atoms. The lowest BCUT2D eigenvalue weighted by atomic mass is 10.1. The fourth-order valence-corrected chi connectivity index (χ4v) is 2.52. The quantitative estimate of drug-likeness (QED) is 0.774. The SMILES string of the molecule is CC(=O)O.O=C(C1C=CCN1)N1CCC(Oc2ncccn2)CC1. The molecule has 8 heteroatoms. The molecule has 0 saturated carbocycles. The Balaban J connectivity index is 0.000000471. The number of hydrogen-bond acceptors (Lipinski definition) is 6. The summed E-state index contributed by atoms with van der Waals surface area (Å²) in [5.41, 5.74) is 0. The van der Waals surface area contributed by atoms with E-state index in [1.54, 1.807) is 18.5 Å². The van der Waals surface area contributed by atoms with E-state index in [1.165, 1.54) is 0 Å². The zero-order chi connectivity index (χ0) is 17.4. The van der Waals surface area contributed by atoms with Gasteiger partial charge >= 0.3 is 6.01 Å². The van der Waals surface area contributed by atoms with Crippen LogP contribution in [0.5, 0.6) is 6.01 Å². The molecule has 1 amide bonds. The summed E-state index contributed by atoms with van der Waals surface area (Å²) in [6.45, 7) is 3.31. The Kier molecular flexibility index (Phi) is 6.68. The van der Waals surface area contributed by atoms with Crippen molar-refractivity contribution in [3.8, 4) is 6.01 Å². The number of aromatic nitrogens is 2. The van der Waals surface area contributed by atoms with Crippen LogP contribution in [0.3, 0.4) is 0 Å². The molecule has 1 fully saturated rings. The first kappa shape index (κ1) is 17.9. The molecule has 8 nitrogen and oxygen atoms in total. The molecule has 1 saturated heterocycles. The van der Waals surface area contributed by atoms with Crippen LogP contribution in [0.15, 0.2) is 30.6 Å². The number of carboxylic acids is 1. The molecule has 0 radical (unpaired) electrons. The minimum Gasteiger partial charge on any atom is -0.481 e. The number of carbonyl (C=O) groups is 2. The molecule has 24 heavy (non-hydrogen) atoms. The molecule has 0 spiro atoms. The van der Waals surface area contributed by atoms with Gasteiger partial charge in [0, 0.05) is 51.8 Å². The van der Waals surface area contributed by atoms with Crippen molar-refractivity contribution >= 4 is 11.9 Å². The van der Waals surface area contributed by atoms with Crippen LogP contribution in [0.2, 0.25) is 0 Å². The molecule has 0 aliphatic carbocycles. The number of ether oxygens (including phenoxy) is 1. The highest BCUT2D eigenvalue weighted by atomic mass is 16.5. The standard InChI is InChI=1S/C14H18N4O2.C2H4O2/c19-13(12-3-1-6-15-12)18-9-4-11(5-10-18)20-14-16-7-2-8-17-14;1-2(3)4/h1-3,7-8,11-12,15H,4-6,9-10H2;1H3,(H,3,4). The van der Waals surface area contributed by atoms with Crippen molar-refractivity contribution in [3.05, 3.63) is 30.6 Å². The van der Waals surface area contributed by atoms with Crippen LogP contribution in [-0.2, 0) is 9.59 Å². The van der Waals surface area contributed by atoms with Crippen LogP contribution in [0.4, 0.5) is 0 Å². The largest absolute Gasteiger partial charge is 0.481 e. The van der Waals surface area contributed by atoms with Crippen LogP contribution in [-0.4, -0.2) is 63.6 Å². The highest BCUT2D eigenvalue weighted by molar-refractivity contribution is 5.84. The predicted octanol–water partition coefficient (Wildman–Crippen LogP) is 0.465. The van der Waals surface area contributed by atoms with Gasteiger partial charge in [0.25, 0.3) is 5.97 Å². The topological polar surface area (TPSA) is 105 Å². The fourth-order valence-electron chi connectivity index (χ4n) is 2.52. The summed E-state index contributed by atoms with van der Waals surface area (Å²) in [5, 5.41) is 10.6. The normalized spacial score (nSPS) is 20.2. The lowest BCUT2D eigenvalue weighted by molar-refractivity contribution is -0.135. The zero-order valence-electron chi connectivity index (χ0n) is 13.6. The first-order valence-corrected chi connectivity index (χ1v) is 7.88. The van der Waals surface area contributed by atoms with E-state index in [2.05, 4.69) is 15.3 Å². The van der Waals surface area contributed by atoms with E-state index >= 15 is 0 Å². The minimum absolute atomic E-state index is 0.0912. The molecule has 0 aromatic carbocycles. The second-order valence-corrected chi connectivity index (χ2v) is 5.51. The third kappa shape index (κ3) is 5.62. The van der Waals surface area contributed by atoms with Crippen LogP contribution in [0, 0.1) is 0 Å². The first-order chi connectivity index (χ1) is 11.6. The maximum Gasteiger partial charge on any atom is 0.316 e. The number of rotatable bonds is 3. The highest BCUT2D eigenvalue weighted by Gasteiger charge is 2.28. The average molecular weight is 334 g/mol. The second kappa shape index (κ2) is 8.97. The van der Waals surface area contributed by atoms with Gasteiger partial charge in [-0.3, -0.25) is 14.9 Å². The maximum absolute atomic E-state index is 12.2. The molecule has 1 atom stereocenters. The van der Waals surface area contributed by atoms with Crippen LogP contribution in [0.25, 0.3) is 0 Å².